The molecule has 0 atom stereocenters. The second kappa shape index (κ2) is 8.06. The lowest BCUT2D eigenvalue weighted by Crippen LogP contribution is -2.33. The van der Waals surface area contributed by atoms with E-state index in [0.717, 1.165) is 12.8 Å². The highest BCUT2D eigenvalue weighted by Crippen LogP contribution is 2.05. The van der Waals surface area contributed by atoms with Gasteiger partial charge in [-0.1, -0.05) is 38.0 Å². The largest absolute Gasteiger partial charge is 0.488 e. The molecule has 0 radical (unpaired) electrons. The topological polar surface area (TPSA) is 40.5 Å². The van der Waals surface area contributed by atoms with Crippen molar-refractivity contribution in [1.82, 2.24) is 0 Å². The molecule has 0 saturated carbocycles. The molecule has 4 heteroatoms. The van der Waals surface area contributed by atoms with Crippen LogP contribution in [-0.4, -0.2) is 17.2 Å². The third kappa shape index (κ3) is 5.02. The van der Waals surface area contributed by atoms with E-state index in [9.17, 15) is 14.4 Å². The van der Waals surface area contributed by atoms with Gasteiger partial charge in [0, 0.05) is 0 Å². The summed E-state index contributed by atoms with van der Waals surface area (Å²) in [6, 6.07) is 4.01. The first kappa shape index (κ1) is 14.9. The van der Waals surface area contributed by atoms with E-state index in [1.165, 1.54) is 31.0 Å². The zero-order valence-electron chi connectivity index (χ0n) is 10.8. The molecular weight excluding hydrogens is 230 g/mol. The summed E-state index contributed by atoms with van der Waals surface area (Å²) in [5.41, 5.74) is 0.992. The minimum absolute atomic E-state index is 0.353. The molecule has 0 unspecified atom stereocenters. The Labute approximate surface area is 108 Å². The molecule has 0 heterocycles. The van der Waals surface area contributed by atoms with Gasteiger partial charge < -0.3 is 10.0 Å². The molecule has 0 aliphatic heterocycles. The third-order valence-electron chi connectivity index (χ3n) is 2.86. The normalized spacial score (nSPS) is 11.1. The average molecular weight is 250 g/mol. The summed E-state index contributed by atoms with van der Waals surface area (Å²) in [7, 11) is -1.55. The lowest BCUT2D eigenvalue weighted by Gasteiger charge is -2.06. The molecule has 1 rings (SSSR count). The maximum atomic E-state index is 13.1. The Balaban J connectivity index is 2.57. The van der Waals surface area contributed by atoms with Crippen LogP contribution in [0.1, 0.15) is 38.2 Å². The van der Waals surface area contributed by atoms with E-state index in [-0.39, 0.29) is 5.82 Å². The van der Waals surface area contributed by atoms with E-state index in [2.05, 4.69) is 13.0 Å². The van der Waals surface area contributed by atoms with Gasteiger partial charge >= 0.3 is 7.12 Å². The van der Waals surface area contributed by atoms with Crippen molar-refractivity contribution in [2.75, 3.05) is 0 Å². The molecule has 0 aromatic heterocycles. The van der Waals surface area contributed by atoms with E-state index >= 15 is 0 Å². The van der Waals surface area contributed by atoms with Crippen LogP contribution in [0.2, 0.25) is 0 Å². The van der Waals surface area contributed by atoms with Crippen LogP contribution in [0.3, 0.4) is 0 Å². The van der Waals surface area contributed by atoms with Crippen LogP contribution in [0.5, 0.6) is 0 Å². The molecule has 18 heavy (non-hydrogen) atoms. The second-order valence-electron chi connectivity index (χ2n) is 4.39. The fourth-order valence-corrected chi connectivity index (χ4v) is 1.84. The predicted molar refractivity (Wildman–Crippen MR) is 73.2 cm³/mol. The molecule has 0 saturated heterocycles. The van der Waals surface area contributed by atoms with Crippen molar-refractivity contribution in [3.05, 3.63) is 41.7 Å². The van der Waals surface area contributed by atoms with Crippen LogP contribution in [0.25, 0.3) is 0 Å². The van der Waals surface area contributed by atoms with Gasteiger partial charge in [-0.2, -0.15) is 0 Å². The molecular formula is C14H20BFO2. The zero-order valence-corrected chi connectivity index (χ0v) is 10.8. The molecule has 0 amide bonds. The first-order valence-corrected chi connectivity index (χ1v) is 6.44. The van der Waals surface area contributed by atoms with Gasteiger partial charge in [0.2, 0.25) is 0 Å². The molecule has 0 bridgehead atoms. The number of hydrogen-bond acceptors (Lipinski definition) is 2. The first-order chi connectivity index (χ1) is 8.65. The lowest BCUT2D eigenvalue weighted by molar-refractivity contribution is 0.425. The van der Waals surface area contributed by atoms with Crippen LogP contribution in [0.4, 0.5) is 4.39 Å². The maximum absolute atomic E-state index is 13.1. The van der Waals surface area contributed by atoms with Crippen molar-refractivity contribution in [2.24, 2.45) is 0 Å². The SMILES string of the molecule is CCCCC/C=C/Cc1cc(F)ccc1B(O)O. The van der Waals surface area contributed by atoms with Gasteiger partial charge in [0.05, 0.1) is 0 Å². The van der Waals surface area contributed by atoms with E-state index in [1.807, 2.05) is 6.08 Å². The highest BCUT2D eigenvalue weighted by atomic mass is 19.1. The van der Waals surface area contributed by atoms with Crippen molar-refractivity contribution < 1.29 is 14.4 Å². The van der Waals surface area contributed by atoms with Crippen LogP contribution < -0.4 is 5.46 Å². The van der Waals surface area contributed by atoms with E-state index in [4.69, 9.17) is 0 Å². The minimum Gasteiger partial charge on any atom is -0.423 e. The number of benzene rings is 1. The fraction of sp³-hybridized carbons (Fsp3) is 0.429. The summed E-state index contributed by atoms with van der Waals surface area (Å²) < 4.78 is 13.1. The van der Waals surface area contributed by atoms with Crippen molar-refractivity contribution in [3.8, 4) is 0 Å². The van der Waals surface area contributed by atoms with Crippen molar-refractivity contribution in [1.29, 1.82) is 0 Å². The van der Waals surface area contributed by atoms with Gasteiger partial charge in [-0.25, -0.2) is 4.39 Å². The Kier molecular flexibility index (Phi) is 6.69. The quantitative estimate of drug-likeness (QED) is 0.442. The maximum Gasteiger partial charge on any atom is 0.488 e. The fourth-order valence-electron chi connectivity index (χ4n) is 1.84. The summed E-state index contributed by atoms with van der Waals surface area (Å²) in [6.07, 6.45) is 9.12. The Morgan fingerprint density at radius 3 is 2.67 bits per heavy atom. The van der Waals surface area contributed by atoms with Crippen LogP contribution in [-0.2, 0) is 6.42 Å². The minimum atomic E-state index is -1.55. The highest BCUT2D eigenvalue weighted by Gasteiger charge is 2.15. The van der Waals surface area contributed by atoms with Crippen molar-refractivity contribution >= 4 is 12.6 Å². The van der Waals surface area contributed by atoms with Gasteiger partial charge in [-0.05, 0) is 42.4 Å². The van der Waals surface area contributed by atoms with Gasteiger partial charge in [0.1, 0.15) is 5.82 Å². The number of allylic oxidation sites excluding steroid dienone is 2. The van der Waals surface area contributed by atoms with E-state index in [0.29, 0.717) is 17.4 Å². The molecule has 0 spiro atoms. The van der Waals surface area contributed by atoms with Gasteiger partial charge in [-0.3, -0.25) is 0 Å². The van der Waals surface area contributed by atoms with E-state index < -0.39 is 7.12 Å². The van der Waals surface area contributed by atoms with E-state index in [1.54, 1.807) is 0 Å². The standard InChI is InChI=1S/C14H20BFO2/c1-2-3-4-5-6-7-8-12-11-13(16)9-10-14(12)15(17)18/h6-7,9-11,17-18H,2-5,8H2,1H3/b7-6+. The molecule has 0 fully saturated rings. The number of hydrogen-bond donors (Lipinski definition) is 2. The molecule has 0 aliphatic rings. The monoisotopic (exact) mass is 250 g/mol. The average Bonchev–Trinajstić information content (AvgIpc) is 2.33. The molecule has 2 nitrogen and oxygen atoms in total. The van der Waals surface area contributed by atoms with Gasteiger partial charge in [-0.15, -0.1) is 0 Å². The molecule has 1 aromatic carbocycles. The molecule has 98 valence electrons. The summed E-state index contributed by atoms with van der Waals surface area (Å²) in [4.78, 5) is 0. The Morgan fingerprint density at radius 2 is 2.00 bits per heavy atom. The number of unbranched alkanes of at least 4 members (excludes halogenated alkanes) is 3. The molecule has 2 N–H and O–H groups in total. The molecule has 0 aliphatic carbocycles. The Bertz CT molecular complexity index is 391. The lowest BCUT2D eigenvalue weighted by atomic mass is 9.76. The summed E-state index contributed by atoms with van der Waals surface area (Å²) in [5.74, 6) is -0.353. The summed E-state index contributed by atoms with van der Waals surface area (Å²) in [6.45, 7) is 2.16. The zero-order chi connectivity index (χ0) is 13.4. The van der Waals surface area contributed by atoms with Crippen molar-refractivity contribution in [2.45, 2.75) is 39.0 Å². The Morgan fingerprint density at radius 1 is 1.22 bits per heavy atom. The van der Waals surface area contributed by atoms with Crippen LogP contribution in [0, 0.1) is 5.82 Å². The van der Waals surface area contributed by atoms with Crippen molar-refractivity contribution in [3.63, 3.8) is 0 Å². The second-order valence-corrected chi connectivity index (χ2v) is 4.39. The van der Waals surface area contributed by atoms with Crippen LogP contribution >= 0.6 is 0 Å². The highest BCUT2D eigenvalue weighted by molar-refractivity contribution is 6.59. The number of halogens is 1. The number of rotatable bonds is 7. The van der Waals surface area contributed by atoms with Crippen LogP contribution in [0.15, 0.2) is 30.4 Å². The predicted octanol–water partition coefficient (Wildman–Crippen LogP) is 2.18. The summed E-state index contributed by atoms with van der Waals surface area (Å²) >= 11 is 0. The van der Waals surface area contributed by atoms with Gasteiger partial charge in [0.15, 0.2) is 0 Å². The molecule has 1 aromatic rings. The Hall–Kier alpha value is -1.13. The summed E-state index contributed by atoms with van der Waals surface area (Å²) in [5, 5.41) is 18.4. The third-order valence-corrected chi connectivity index (χ3v) is 2.86. The van der Waals surface area contributed by atoms with Gasteiger partial charge in [0.25, 0.3) is 0 Å². The smallest absolute Gasteiger partial charge is 0.423 e. The first-order valence-electron chi connectivity index (χ1n) is 6.44.